The number of anilines is 2. The van der Waals surface area contributed by atoms with Gasteiger partial charge in [0.1, 0.15) is 17.3 Å². The van der Waals surface area contributed by atoms with Crippen LogP contribution in [0.15, 0.2) is 71.5 Å². The molecule has 4 aromatic rings. The van der Waals surface area contributed by atoms with E-state index in [2.05, 4.69) is 15.6 Å². The lowest BCUT2D eigenvalue weighted by Crippen LogP contribution is -2.22. The highest BCUT2D eigenvalue weighted by Gasteiger charge is 2.11. The molecule has 0 saturated heterocycles. The van der Waals surface area contributed by atoms with E-state index in [1.807, 2.05) is 18.2 Å². The molecule has 1 heterocycles. The normalized spacial score (nSPS) is 10.6. The summed E-state index contributed by atoms with van der Waals surface area (Å²) < 4.78 is 12.0. The van der Waals surface area contributed by atoms with Crippen LogP contribution in [0.3, 0.4) is 0 Å². The molecule has 32 heavy (non-hydrogen) atoms. The SMILES string of the molecule is COc1ccc(NC(=O)Nc2ccc(-n3c(C)nc4ccccc4c3=O)cc2)c(OC)c1. The number of hydrogen-bond donors (Lipinski definition) is 2. The maximum Gasteiger partial charge on any atom is 0.323 e. The third-order valence-corrected chi connectivity index (χ3v) is 4.98. The van der Waals surface area contributed by atoms with Crippen molar-refractivity contribution < 1.29 is 14.3 Å². The molecule has 3 aromatic carbocycles. The molecule has 0 fully saturated rings. The molecule has 0 radical (unpaired) electrons. The van der Waals surface area contributed by atoms with Crippen molar-refractivity contribution >= 4 is 28.3 Å². The van der Waals surface area contributed by atoms with Crippen LogP contribution in [0.4, 0.5) is 16.2 Å². The van der Waals surface area contributed by atoms with Crippen LogP contribution in [-0.2, 0) is 0 Å². The number of fused-ring (bicyclic) bond motifs is 1. The van der Waals surface area contributed by atoms with Gasteiger partial charge in [0, 0.05) is 11.8 Å². The third-order valence-electron chi connectivity index (χ3n) is 4.98. The van der Waals surface area contributed by atoms with E-state index in [9.17, 15) is 9.59 Å². The van der Waals surface area contributed by atoms with Crippen LogP contribution in [-0.4, -0.2) is 29.8 Å². The predicted molar refractivity (Wildman–Crippen MR) is 124 cm³/mol. The Labute approximate surface area is 184 Å². The van der Waals surface area contributed by atoms with Crippen LogP contribution < -0.4 is 25.7 Å². The van der Waals surface area contributed by atoms with Crippen LogP contribution in [0, 0.1) is 6.92 Å². The molecule has 8 heteroatoms. The number of hydrogen-bond acceptors (Lipinski definition) is 5. The number of nitrogens with zero attached hydrogens (tertiary/aromatic N) is 2. The summed E-state index contributed by atoms with van der Waals surface area (Å²) in [5, 5.41) is 6.07. The van der Waals surface area contributed by atoms with Crippen LogP contribution in [0.5, 0.6) is 11.5 Å². The molecule has 0 atom stereocenters. The number of rotatable bonds is 5. The molecular weight excluding hydrogens is 408 g/mol. The third kappa shape index (κ3) is 4.11. The minimum atomic E-state index is -0.429. The Hall–Kier alpha value is -4.33. The van der Waals surface area contributed by atoms with E-state index in [-0.39, 0.29) is 5.56 Å². The fourth-order valence-electron chi connectivity index (χ4n) is 3.43. The summed E-state index contributed by atoms with van der Waals surface area (Å²) in [5.74, 6) is 1.68. The molecule has 0 unspecified atom stereocenters. The first-order valence-corrected chi connectivity index (χ1v) is 9.89. The number of aryl methyl sites for hydroxylation is 1. The number of methoxy groups -OCH3 is 2. The van der Waals surface area contributed by atoms with E-state index in [1.54, 1.807) is 67.1 Å². The Balaban J connectivity index is 1.53. The highest BCUT2D eigenvalue weighted by atomic mass is 16.5. The number of ether oxygens (including phenoxy) is 2. The maximum absolute atomic E-state index is 12.9. The van der Waals surface area contributed by atoms with E-state index in [0.29, 0.717) is 45.3 Å². The molecule has 8 nitrogen and oxygen atoms in total. The van der Waals surface area contributed by atoms with Gasteiger partial charge in [-0.25, -0.2) is 9.78 Å². The van der Waals surface area contributed by atoms with Crippen LogP contribution in [0.25, 0.3) is 16.6 Å². The number of benzene rings is 3. The van der Waals surface area contributed by atoms with Gasteiger partial charge in [-0.05, 0) is 55.5 Å². The molecule has 162 valence electrons. The summed E-state index contributed by atoms with van der Waals surface area (Å²) in [4.78, 5) is 29.9. The van der Waals surface area contributed by atoms with Crippen molar-refractivity contribution in [3.63, 3.8) is 0 Å². The van der Waals surface area contributed by atoms with Gasteiger partial charge < -0.3 is 20.1 Å². The minimum absolute atomic E-state index is 0.141. The quantitative estimate of drug-likeness (QED) is 0.491. The minimum Gasteiger partial charge on any atom is -0.497 e. The number of aromatic nitrogens is 2. The van der Waals surface area contributed by atoms with Crippen molar-refractivity contribution in [2.24, 2.45) is 0 Å². The second kappa shape index (κ2) is 8.81. The summed E-state index contributed by atoms with van der Waals surface area (Å²) in [5.41, 5.74) is 2.26. The average molecular weight is 430 g/mol. The summed E-state index contributed by atoms with van der Waals surface area (Å²) in [6, 6.07) is 18.9. The molecule has 0 spiro atoms. The van der Waals surface area contributed by atoms with Crippen molar-refractivity contribution in [3.05, 3.63) is 82.9 Å². The Kier molecular flexibility index (Phi) is 5.76. The Morgan fingerprint density at radius 1 is 0.938 bits per heavy atom. The van der Waals surface area contributed by atoms with E-state index < -0.39 is 6.03 Å². The van der Waals surface area contributed by atoms with Gasteiger partial charge in [-0.3, -0.25) is 9.36 Å². The standard InChI is InChI=1S/C24H22N4O4/c1-15-25-20-7-5-4-6-19(20)23(29)28(15)17-10-8-16(9-11-17)26-24(30)27-21-13-12-18(31-2)14-22(21)32-3/h4-14H,1-3H3,(H2,26,27,30). The zero-order valence-electron chi connectivity index (χ0n) is 17.9. The van der Waals surface area contributed by atoms with Crippen molar-refractivity contribution in [2.75, 3.05) is 24.9 Å². The number of carbonyl (C=O) groups is 1. The van der Waals surface area contributed by atoms with Crippen molar-refractivity contribution in [1.29, 1.82) is 0 Å². The lowest BCUT2D eigenvalue weighted by molar-refractivity contribution is 0.262. The van der Waals surface area contributed by atoms with E-state index in [1.165, 1.54) is 7.11 Å². The van der Waals surface area contributed by atoms with Gasteiger partial charge in [0.2, 0.25) is 0 Å². The largest absolute Gasteiger partial charge is 0.497 e. The molecule has 0 saturated carbocycles. The van der Waals surface area contributed by atoms with Gasteiger partial charge >= 0.3 is 6.03 Å². The first-order valence-electron chi connectivity index (χ1n) is 9.89. The summed E-state index contributed by atoms with van der Waals surface area (Å²) >= 11 is 0. The van der Waals surface area contributed by atoms with Crippen molar-refractivity contribution in [3.8, 4) is 17.2 Å². The molecule has 0 aliphatic rings. The summed E-state index contributed by atoms with van der Waals surface area (Å²) in [6.45, 7) is 1.79. The van der Waals surface area contributed by atoms with E-state index in [4.69, 9.17) is 9.47 Å². The Morgan fingerprint density at radius 3 is 2.41 bits per heavy atom. The van der Waals surface area contributed by atoms with Crippen LogP contribution in [0.1, 0.15) is 5.82 Å². The van der Waals surface area contributed by atoms with Gasteiger partial charge in [-0.1, -0.05) is 12.1 Å². The van der Waals surface area contributed by atoms with Gasteiger partial charge in [0.05, 0.1) is 36.5 Å². The van der Waals surface area contributed by atoms with Gasteiger partial charge in [-0.2, -0.15) is 0 Å². The molecular formula is C24H22N4O4. The number of amides is 2. The number of para-hydroxylation sites is 1. The second-order valence-corrected chi connectivity index (χ2v) is 7.01. The lowest BCUT2D eigenvalue weighted by Gasteiger charge is -2.13. The second-order valence-electron chi connectivity index (χ2n) is 7.01. The summed E-state index contributed by atoms with van der Waals surface area (Å²) in [6.07, 6.45) is 0. The summed E-state index contributed by atoms with van der Waals surface area (Å²) in [7, 11) is 3.07. The highest BCUT2D eigenvalue weighted by molar-refractivity contribution is 6.00. The van der Waals surface area contributed by atoms with Crippen LogP contribution >= 0.6 is 0 Å². The predicted octanol–water partition coefficient (Wildman–Crippen LogP) is 4.36. The molecule has 1 aromatic heterocycles. The van der Waals surface area contributed by atoms with Gasteiger partial charge in [-0.15, -0.1) is 0 Å². The first kappa shape index (κ1) is 20.9. The van der Waals surface area contributed by atoms with E-state index >= 15 is 0 Å². The Bertz CT molecular complexity index is 1350. The Morgan fingerprint density at radius 2 is 1.69 bits per heavy atom. The average Bonchev–Trinajstić information content (AvgIpc) is 2.80. The molecule has 0 aliphatic heterocycles. The molecule has 2 amide bonds. The molecule has 0 bridgehead atoms. The van der Waals surface area contributed by atoms with Crippen LogP contribution in [0.2, 0.25) is 0 Å². The fourth-order valence-corrected chi connectivity index (χ4v) is 3.43. The zero-order chi connectivity index (χ0) is 22.7. The zero-order valence-corrected chi connectivity index (χ0v) is 17.9. The topological polar surface area (TPSA) is 94.5 Å². The van der Waals surface area contributed by atoms with E-state index in [0.717, 1.165) is 0 Å². The molecule has 2 N–H and O–H groups in total. The maximum atomic E-state index is 12.9. The number of urea groups is 1. The smallest absolute Gasteiger partial charge is 0.323 e. The fraction of sp³-hybridized carbons (Fsp3) is 0.125. The molecule has 0 aliphatic carbocycles. The number of nitrogens with one attached hydrogen (secondary N) is 2. The lowest BCUT2D eigenvalue weighted by atomic mass is 10.2. The first-order chi connectivity index (χ1) is 15.5. The van der Waals surface area contributed by atoms with Crippen molar-refractivity contribution in [1.82, 2.24) is 9.55 Å². The monoisotopic (exact) mass is 430 g/mol. The molecule has 4 rings (SSSR count). The number of carbonyl (C=O) groups excluding carboxylic acids is 1. The highest BCUT2D eigenvalue weighted by Crippen LogP contribution is 2.29. The van der Waals surface area contributed by atoms with Gasteiger partial charge in [0.15, 0.2) is 0 Å². The van der Waals surface area contributed by atoms with Gasteiger partial charge in [0.25, 0.3) is 5.56 Å². The van der Waals surface area contributed by atoms with Crippen molar-refractivity contribution in [2.45, 2.75) is 6.92 Å².